The number of halogens is 2. The second-order valence-electron chi connectivity index (χ2n) is 6.96. The Morgan fingerprint density at radius 3 is 1.93 bits per heavy atom. The molecule has 0 saturated carbocycles. The fourth-order valence-corrected chi connectivity index (χ4v) is 2.76. The van der Waals surface area contributed by atoms with Gasteiger partial charge in [-0.15, -0.1) is 0 Å². The summed E-state index contributed by atoms with van der Waals surface area (Å²) < 4.78 is 11.6. The summed E-state index contributed by atoms with van der Waals surface area (Å²) in [6.07, 6.45) is 0. The number of carbonyl (C=O) groups is 1. The molecule has 0 unspecified atom stereocenters. The molecule has 0 fully saturated rings. The lowest BCUT2D eigenvalue weighted by atomic mass is 10.1. The average molecular weight is 430 g/mol. The molecule has 3 rings (SSSR count). The minimum Gasteiger partial charge on any atom is -0.489 e. The summed E-state index contributed by atoms with van der Waals surface area (Å²) in [7, 11) is 0. The van der Waals surface area contributed by atoms with Crippen LogP contribution in [0.25, 0.3) is 0 Å². The van der Waals surface area contributed by atoms with E-state index in [9.17, 15) is 4.79 Å². The number of rotatable bonds is 7. The first kappa shape index (κ1) is 21.0. The molecule has 0 atom stereocenters. The molecule has 0 aliphatic heterocycles. The standard InChI is InChI=1S/C23H21Cl2NO3/c1-23(2,29-21-11-7-18(25)8-12-21)22(27)26-19-9-13-20(14-10-19)28-15-16-3-5-17(24)6-4-16/h3-14H,15H2,1-2H3,(H,26,27). The average Bonchev–Trinajstić information content (AvgIpc) is 2.70. The van der Waals surface area contributed by atoms with Gasteiger partial charge in [0, 0.05) is 15.7 Å². The molecule has 4 nitrogen and oxygen atoms in total. The van der Waals surface area contributed by atoms with Gasteiger partial charge < -0.3 is 14.8 Å². The topological polar surface area (TPSA) is 47.6 Å². The third kappa shape index (κ3) is 6.14. The molecule has 0 aromatic heterocycles. The van der Waals surface area contributed by atoms with Crippen molar-refractivity contribution < 1.29 is 14.3 Å². The van der Waals surface area contributed by atoms with Crippen LogP contribution in [-0.4, -0.2) is 11.5 Å². The van der Waals surface area contributed by atoms with Gasteiger partial charge in [-0.2, -0.15) is 0 Å². The van der Waals surface area contributed by atoms with Crippen LogP contribution >= 0.6 is 23.2 Å². The van der Waals surface area contributed by atoms with Crippen LogP contribution in [-0.2, 0) is 11.4 Å². The number of benzene rings is 3. The highest BCUT2D eigenvalue weighted by Crippen LogP contribution is 2.23. The molecule has 0 aliphatic carbocycles. The summed E-state index contributed by atoms with van der Waals surface area (Å²) in [6, 6.07) is 21.5. The van der Waals surface area contributed by atoms with Crippen LogP contribution in [0.5, 0.6) is 11.5 Å². The Labute approximate surface area is 180 Å². The van der Waals surface area contributed by atoms with E-state index in [2.05, 4.69) is 5.32 Å². The Kier molecular flexibility index (Phi) is 6.68. The van der Waals surface area contributed by atoms with E-state index in [4.69, 9.17) is 32.7 Å². The van der Waals surface area contributed by atoms with Crippen LogP contribution < -0.4 is 14.8 Å². The molecule has 150 valence electrons. The summed E-state index contributed by atoms with van der Waals surface area (Å²) in [5.74, 6) is 1.01. The number of nitrogens with one attached hydrogen (secondary N) is 1. The van der Waals surface area contributed by atoms with Gasteiger partial charge in [0.05, 0.1) is 0 Å². The maximum absolute atomic E-state index is 12.6. The zero-order valence-corrected chi connectivity index (χ0v) is 17.6. The van der Waals surface area contributed by atoms with Gasteiger partial charge in [-0.25, -0.2) is 0 Å². The van der Waals surface area contributed by atoms with Crippen molar-refractivity contribution in [1.82, 2.24) is 0 Å². The molecule has 3 aromatic rings. The second-order valence-corrected chi connectivity index (χ2v) is 7.83. The number of ether oxygens (including phenoxy) is 2. The fraction of sp³-hybridized carbons (Fsp3) is 0.174. The van der Waals surface area contributed by atoms with Crippen molar-refractivity contribution in [3.8, 4) is 11.5 Å². The Balaban J connectivity index is 1.55. The Morgan fingerprint density at radius 2 is 1.34 bits per heavy atom. The Hall–Kier alpha value is -2.69. The predicted octanol–water partition coefficient (Wildman–Crippen LogP) is 6.37. The van der Waals surface area contributed by atoms with Gasteiger partial charge in [-0.1, -0.05) is 35.3 Å². The van der Waals surface area contributed by atoms with Crippen LogP contribution in [0.3, 0.4) is 0 Å². The smallest absolute Gasteiger partial charge is 0.267 e. The maximum atomic E-state index is 12.6. The number of hydrogen-bond acceptors (Lipinski definition) is 3. The van der Waals surface area contributed by atoms with Crippen molar-refractivity contribution in [2.24, 2.45) is 0 Å². The first-order valence-corrected chi connectivity index (χ1v) is 9.81. The van der Waals surface area contributed by atoms with Crippen molar-refractivity contribution in [1.29, 1.82) is 0 Å². The van der Waals surface area contributed by atoms with Gasteiger partial charge in [0.1, 0.15) is 18.1 Å². The molecule has 6 heteroatoms. The lowest BCUT2D eigenvalue weighted by Crippen LogP contribution is -2.42. The van der Waals surface area contributed by atoms with Gasteiger partial charge in [0.2, 0.25) is 0 Å². The van der Waals surface area contributed by atoms with E-state index in [0.717, 1.165) is 5.56 Å². The first-order chi connectivity index (χ1) is 13.8. The SMILES string of the molecule is CC(C)(Oc1ccc(Cl)cc1)C(=O)Nc1ccc(OCc2ccc(Cl)cc2)cc1. The first-order valence-electron chi connectivity index (χ1n) is 9.05. The molecule has 0 spiro atoms. The number of hydrogen-bond donors (Lipinski definition) is 1. The van der Waals surface area contributed by atoms with Gasteiger partial charge in [-0.05, 0) is 80.1 Å². The fourth-order valence-electron chi connectivity index (χ4n) is 2.51. The zero-order chi connectivity index (χ0) is 20.9. The lowest BCUT2D eigenvalue weighted by molar-refractivity contribution is -0.128. The summed E-state index contributed by atoms with van der Waals surface area (Å²) in [6.45, 7) is 3.85. The van der Waals surface area contributed by atoms with E-state index in [-0.39, 0.29) is 5.91 Å². The quantitative estimate of drug-likeness (QED) is 0.474. The third-order valence-electron chi connectivity index (χ3n) is 4.16. The van der Waals surface area contributed by atoms with Gasteiger partial charge in [0.15, 0.2) is 5.60 Å². The van der Waals surface area contributed by atoms with Gasteiger partial charge >= 0.3 is 0 Å². The van der Waals surface area contributed by atoms with E-state index in [1.165, 1.54) is 0 Å². The molecule has 29 heavy (non-hydrogen) atoms. The highest BCUT2D eigenvalue weighted by atomic mass is 35.5. The Bertz CT molecular complexity index is 953. The molecule has 3 aromatic carbocycles. The van der Waals surface area contributed by atoms with Crippen LogP contribution in [0.1, 0.15) is 19.4 Å². The number of anilines is 1. The van der Waals surface area contributed by atoms with Crippen molar-refractivity contribution in [3.63, 3.8) is 0 Å². The number of carbonyl (C=O) groups excluding carboxylic acids is 1. The van der Waals surface area contributed by atoms with Gasteiger partial charge in [0.25, 0.3) is 5.91 Å². The van der Waals surface area contributed by atoms with Crippen LogP contribution in [0.2, 0.25) is 10.0 Å². The molecule has 0 aliphatic rings. The molecule has 0 bridgehead atoms. The summed E-state index contributed by atoms with van der Waals surface area (Å²) >= 11 is 11.8. The highest BCUT2D eigenvalue weighted by Gasteiger charge is 2.30. The second kappa shape index (κ2) is 9.21. The van der Waals surface area contributed by atoms with Crippen molar-refractivity contribution in [2.75, 3.05) is 5.32 Å². The minimum atomic E-state index is -1.06. The van der Waals surface area contributed by atoms with Gasteiger partial charge in [-0.3, -0.25) is 4.79 Å². The monoisotopic (exact) mass is 429 g/mol. The van der Waals surface area contributed by atoms with E-state index in [1.54, 1.807) is 62.4 Å². The minimum absolute atomic E-state index is 0.262. The van der Waals surface area contributed by atoms with E-state index >= 15 is 0 Å². The zero-order valence-electron chi connectivity index (χ0n) is 16.1. The van der Waals surface area contributed by atoms with Crippen LogP contribution in [0, 0.1) is 0 Å². The van der Waals surface area contributed by atoms with Crippen molar-refractivity contribution >= 4 is 34.8 Å². The van der Waals surface area contributed by atoms with E-state index < -0.39 is 5.60 Å². The molecule has 0 heterocycles. The Morgan fingerprint density at radius 1 is 0.828 bits per heavy atom. The molecule has 1 amide bonds. The lowest BCUT2D eigenvalue weighted by Gasteiger charge is -2.25. The van der Waals surface area contributed by atoms with Crippen molar-refractivity contribution in [2.45, 2.75) is 26.1 Å². The largest absolute Gasteiger partial charge is 0.489 e. The summed E-state index contributed by atoms with van der Waals surface area (Å²) in [5.41, 5.74) is 0.618. The highest BCUT2D eigenvalue weighted by molar-refractivity contribution is 6.30. The van der Waals surface area contributed by atoms with E-state index in [1.807, 2.05) is 24.3 Å². The normalized spacial score (nSPS) is 11.0. The number of amides is 1. The summed E-state index contributed by atoms with van der Waals surface area (Å²) in [4.78, 5) is 12.6. The molecule has 0 radical (unpaired) electrons. The molecular weight excluding hydrogens is 409 g/mol. The van der Waals surface area contributed by atoms with E-state index in [0.29, 0.717) is 33.8 Å². The van der Waals surface area contributed by atoms with Crippen LogP contribution in [0.15, 0.2) is 72.8 Å². The predicted molar refractivity (Wildman–Crippen MR) is 117 cm³/mol. The molecular formula is C23H21Cl2NO3. The third-order valence-corrected chi connectivity index (χ3v) is 4.67. The summed E-state index contributed by atoms with van der Waals surface area (Å²) in [5, 5.41) is 4.16. The maximum Gasteiger partial charge on any atom is 0.267 e. The molecule has 1 N–H and O–H groups in total. The van der Waals surface area contributed by atoms with Crippen LogP contribution in [0.4, 0.5) is 5.69 Å². The van der Waals surface area contributed by atoms with Crippen molar-refractivity contribution in [3.05, 3.63) is 88.4 Å². The molecule has 0 saturated heterocycles.